The van der Waals surface area contributed by atoms with E-state index < -0.39 is 17.5 Å². The Kier molecular flexibility index (Phi) is 7.30. The van der Waals surface area contributed by atoms with Crippen LogP contribution in [-0.4, -0.2) is 71.3 Å². The number of fused-ring (bicyclic) bond motifs is 1. The fraction of sp³-hybridized carbons (Fsp3) is 0.519. The zero-order chi connectivity index (χ0) is 27.7. The predicted octanol–water partition coefficient (Wildman–Crippen LogP) is 2.63. The molecule has 1 aliphatic carbocycles. The Morgan fingerprint density at radius 1 is 1.26 bits per heavy atom. The molecule has 1 aromatic heterocycles. The van der Waals surface area contributed by atoms with Crippen LogP contribution in [0.2, 0.25) is 0 Å². The summed E-state index contributed by atoms with van der Waals surface area (Å²) in [5, 5.41) is 18.4. The van der Waals surface area contributed by atoms with Crippen LogP contribution in [0.3, 0.4) is 0 Å². The summed E-state index contributed by atoms with van der Waals surface area (Å²) in [6.45, 7) is 2.54. The van der Waals surface area contributed by atoms with Crippen LogP contribution in [0.5, 0.6) is 5.75 Å². The fourth-order valence-electron chi connectivity index (χ4n) is 5.85. The van der Waals surface area contributed by atoms with Crippen LogP contribution in [0.4, 0.5) is 23.1 Å². The number of carboxylic acid groups (broad SMARTS) is 1. The molecule has 5 rings (SSSR count). The summed E-state index contributed by atoms with van der Waals surface area (Å²) >= 11 is 0. The summed E-state index contributed by atoms with van der Waals surface area (Å²) in [6.07, 6.45) is 7.61. The molecule has 2 atom stereocenters. The van der Waals surface area contributed by atoms with Crippen molar-refractivity contribution in [1.29, 1.82) is 0 Å². The second-order valence-corrected chi connectivity index (χ2v) is 10.3. The Bertz CT molecular complexity index is 1270. The monoisotopic (exact) mass is 537 g/mol. The molecule has 1 saturated carbocycles. The first-order chi connectivity index (χ1) is 18.8. The van der Waals surface area contributed by atoms with Crippen molar-refractivity contribution >= 4 is 40.9 Å². The zero-order valence-electron chi connectivity index (χ0n) is 22.5. The Hall–Kier alpha value is -3.93. The minimum Gasteiger partial charge on any atom is -0.495 e. The van der Waals surface area contributed by atoms with Gasteiger partial charge in [0.05, 0.1) is 19.0 Å². The van der Waals surface area contributed by atoms with Gasteiger partial charge in [-0.15, -0.1) is 0 Å². The highest BCUT2D eigenvalue weighted by atomic mass is 16.5. The molecule has 0 spiro atoms. The summed E-state index contributed by atoms with van der Waals surface area (Å²) < 4.78 is 5.54. The van der Waals surface area contributed by atoms with Gasteiger partial charge in [0.25, 0.3) is 5.91 Å². The third-order valence-electron chi connectivity index (χ3n) is 7.97. The van der Waals surface area contributed by atoms with Gasteiger partial charge in [0.2, 0.25) is 11.9 Å². The predicted molar refractivity (Wildman–Crippen MR) is 146 cm³/mol. The number of aliphatic carboxylic acids is 1. The number of carboxylic acids is 1. The highest BCUT2D eigenvalue weighted by molar-refractivity contribution is 6.04. The molecule has 3 aliphatic rings. The number of likely N-dealkylation sites (N-methyl/N-ethyl adjacent to an activating group) is 1. The molecule has 2 aromatic rings. The van der Waals surface area contributed by atoms with Gasteiger partial charge >= 0.3 is 5.97 Å². The van der Waals surface area contributed by atoms with Crippen molar-refractivity contribution in [3.8, 4) is 5.75 Å². The number of ether oxygens (including phenoxy) is 1. The number of nitrogens with one attached hydrogen (secondary N) is 3. The van der Waals surface area contributed by atoms with E-state index in [1.54, 1.807) is 36.3 Å². The molecular formula is C27H35N7O5. The number of nitrogens with zero attached hydrogens (tertiary/aromatic N) is 4. The molecule has 0 bridgehead atoms. The molecule has 39 heavy (non-hydrogen) atoms. The van der Waals surface area contributed by atoms with E-state index in [2.05, 4.69) is 25.8 Å². The lowest BCUT2D eigenvalue weighted by atomic mass is 10.0. The topological polar surface area (TPSA) is 149 Å². The number of amides is 2. The van der Waals surface area contributed by atoms with E-state index in [1.165, 1.54) is 7.11 Å². The quantitative estimate of drug-likeness (QED) is 0.396. The van der Waals surface area contributed by atoms with Crippen molar-refractivity contribution in [3.63, 3.8) is 0 Å². The number of anilines is 4. The van der Waals surface area contributed by atoms with Gasteiger partial charge < -0.3 is 30.3 Å². The molecule has 4 N–H and O–H groups in total. The van der Waals surface area contributed by atoms with Gasteiger partial charge in [0.15, 0.2) is 11.5 Å². The summed E-state index contributed by atoms with van der Waals surface area (Å²) in [7, 11) is 3.25. The molecule has 3 heterocycles. The van der Waals surface area contributed by atoms with Gasteiger partial charge in [0.1, 0.15) is 17.5 Å². The van der Waals surface area contributed by atoms with Crippen molar-refractivity contribution in [3.05, 3.63) is 30.0 Å². The first kappa shape index (κ1) is 26.7. The summed E-state index contributed by atoms with van der Waals surface area (Å²) in [5.41, 5.74) is -0.0000393. The smallest absolute Gasteiger partial charge is 0.344 e. The Labute approximate surface area is 227 Å². The maximum atomic E-state index is 13.1. The molecule has 12 heteroatoms. The van der Waals surface area contributed by atoms with E-state index in [0.29, 0.717) is 48.9 Å². The van der Waals surface area contributed by atoms with Crippen LogP contribution in [0, 0.1) is 0 Å². The van der Waals surface area contributed by atoms with Crippen LogP contribution in [0.1, 0.15) is 62.2 Å². The van der Waals surface area contributed by atoms with Crippen molar-refractivity contribution in [2.75, 3.05) is 35.8 Å². The standard InChI is InChI=1S/C27H35N7O5/c1-4-19-24(36)33(2)20-15-28-26(31-22(20)34(19)17-8-5-6-9-17)30-18-11-10-16(14-21(18)39-3)23(35)32-27(25(37)38)12-7-13-29-27/h10-11,14-15,17,19,29H,4-9,12-13H2,1-3H3,(H,32,35)(H,37,38)(H,28,30,31)/t19-,27+/m1/s1. The minimum atomic E-state index is -1.48. The second-order valence-electron chi connectivity index (χ2n) is 10.3. The second kappa shape index (κ2) is 10.7. The van der Waals surface area contributed by atoms with Crippen molar-refractivity contribution in [2.24, 2.45) is 0 Å². The van der Waals surface area contributed by atoms with Crippen LogP contribution < -0.4 is 30.5 Å². The van der Waals surface area contributed by atoms with E-state index in [4.69, 9.17) is 9.72 Å². The average molecular weight is 538 g/mol. The third kappa shape index (κ3) is 4.84. The van der Waals surface area contributed by atoms with Gasteiger partial charge in [-0.3, -0.25) is 14.9 Å². The largest absolute Gasteiger partial charge is 0.495 e. The molecular weight excluding hydrogens is 502 g/mol. The molecule has 2 amide bonds. The van der Waals surface area contributed by atoms with Crippen LogP contribution in [0.25, 0.3) is 0 Å². The molecule has 1 saturated heterocycles. The van der Waals surface area contributed by atoms with Gasteiger partial charge in [-0.1, -0.05) is 19.8 Å². The molecule has 2 fully saturated rings. The van der Waals surface area contributed by atoms with Gasteiger partial charge in [0, 0.05) is 18.7 Å². The van der Waals surface area contributed by atoms with Crippen molar-refractivity contribution < 1.29 is 24.2 Å². The van der Waals surface area contributed by atoms with E-state index in [0.717, 1.165) is 31.5 Å². The molecule has 0 radical (unpaired) electrons. The van der Waals surface area contributed by atoms with Gasteiger partial charge in [-0.2, -0.15) is 4.98 Å². The Balaban J connectivity index is 1.41. The maximum Gasteiger partial charge on any atom is 0.344 e. The minimum absolute atomic E-state index is 0.0502. The third-order valence-corrected chi connectivity index (χ3v) is 7.97. The molecule has 12 nitrogen and oxygen atoms in total. The van der Waals surface area contributed by atoms with Gasteiger partial charge in [-0.25, -0.2) is 9.78 Å². The highest BCUT2D eigenvalue weighted by Gasteiger charge is 2.43. The number of carbonyl (C=O) groups excluding carboxylic acids is 2. The van der Waals surface area contributed by atoms with Gasteiger partial charge in [-0.05, 0) is 56.8 Å². The zero-order valence-corrected chi connectivity index (χ0v) is 22.5. The first-order valence-corrected chi connectivity index (χ1v) is 13.5. The fourth-order valence-corrected chi connectivity index (χ4v) is 5.85. The normalized spacial score (nSPS) is 23.1. The number of benzene rings is 1. The van der Waals surface area contributed by atoms with Crippen LogP contribution in [-0.2, 0) is 9.59 Å². The molecule has 208 valence electrons. The van der Waals surface area contributed by atoms with Crippen molar-refractivity contribution in [2.45, 2.75) is 69.6 Å². The first-order valence-electron chi connectivity index (χ1n) is 13.5. The number of methoxy groups -OCH3 is 1. The summed E-state index contributed by atoms with van der Waals surface area (Å²) in [4.78, 5) is 51.0. The number of hydrogen-bond acceptors (Lipinski definition) is 9. The molecule has 1 aromatic carbocycles. The van der Waals surface area contributed by atoms with E-state index in [1.807, 2.05) is 6.92 Å². The number of aromatic nitrogens is 2. The van der Waals surface area contributed by atoms with E-state index in [-0.39, 0.29) is 23.6 Å². The number of carbonyl (C=O) groups is 3. The lowest BCUT2D eigenvalue weighted by Gasteiger charge is -2.43. The number of hydrogen-bond donors (Lipinski definition) is 4. The summed E-state index contributed by atoms with van der Waals surface area (Å²) in [5.74, 6) is -0.149. The summed E-state index contributed by atoms with van der Waals surface area (Å²) in [6, 6.07) is 4.79. The lowest BCUT2D eigenvalue weighted by Crippen LogP contribution is -2.60. The van der Waals surface area contributed by atoms with Crippen molar-refractivity contribution in [1.82, 2.24) is 20.6 Å². The Morgan fingerprint density at radius 2 is 2.03 bits per heavy atom. The van der Waals surface area contributed by atoms with Crippen LogP contribution >= 0.6 is 0 Å². The maximum absolute atomic E-state index is 13.1. The number of rotatable bonds is 8. The molecule has 0 unspecified atom stereocenters. The highest BCUT2D eigenvalue weighted by Crippen LogP contribution is 2.40. The Morgan fingerprint density at radius 3 is 2.67 bits per heavy atom. The average Bonchev–Trinajstić information content (AvgIpc) is 3.64. The van der Waals surface area contributed by atoms with E-state index in [9.17, 15) is 19.5 Å². The lowest BCUT2D eigenvalue weighted by molar-refractivity contribution is -0.145. The SMILES string of the molecule is CC[C@@H]1C(=O)N(C)c2cnc(Nc3ccc(C(=O)N[C@]4(C(=O)O)CCCN4)cc3OC)nc2N1C1CCCC1. The molecule has 2 aliphatic heterocycles. The van der Waals surface area contributed by atoms with Crippen LogP contribution in [0.15, 0.2) is 24.4 Å². The van der Waals surface area contributed by atoms with E-state index >= 15 is 0 Å².